The summed E-state index contributed by atoms with van der Waals surface area (Å²) in [6, 6.07) is 13.3. The zero-order valence-electron chi connectivity index (χ0n) is 17.5. The number of aromatic nitrogens is 2. The van der Waals surface area contributed by atoms with E-state index in [4.69, 9.17) is 0 Å². The van der Waals surface area contributed by atoms with Gasteiger partial charge in [0.2, 0.25) is 0 Å². The van der Waals surface area contributed by atoms with E-state index < -0.39 is 23.3 Å². The van der Waals surface area contributed by atoms with E-state index in [1.807, 2.05) is 24.3 Å². The summed E-state index contributed by atoms with van der Waals surface area (Å²) in [6.45, 7) is 2.15. The van der Waals surface area contributed by atoms with Crippen LogP contribution in [-0.4, -0.2) is 9.97 Å². The number of hydrogen-bond acceptors (Lipinski definition) is 2. The van der Waals surface area contributed by atoms with Gasteiger partial charge in [-0.25, -0.2) is 22.5 Å². The Hall–Kier alpha value is -3.54. The number of benzene rings is 4. The lowest BCUT2D eigenvalue weighted by atomic mass is 9.86. The molecule has 0 saturated heterocycles. The molecule has 5 aromatic rings. The first kappa shape index (κ1) is 19.0. The van der Waals surface area contributed by atoms with Crippen LogP contribution in [0.5, 0.6) is 0 Å². The number of hydrogen-bond donors (Lipinski definition) is 0. The Kier molecular flexibility index (Phi) is 3.49. The smallest absolute Gasteiger partial charge is 0.198 e. The van der Waals surface area contributed by atoms with Crippen LogP contribution in [0.25, 0.3) is 43.8 Å². The van der Waals surface area contributed by atoms with Gasteiger partial charge in [-0.15, -0.1) is 0 Å². The third-order valence-electron chi connectivity index (χ3n) is 7.58. The van der Waals surface area contributed by atoms with Crippen LogP contribution in [0.15, 0.2) is 48.7 Å². The van der Waals surface area contributed by atoms with E-state index in [0.29, 0.717) is 27.9 Å². The maximum atomic E-state index is 15.2. The molecule has 4 aromatic carbocycles. The Morgan fingerprint density at radius 1 is 0.848 bits per heavy atom. The van der Waals surface area contributed by atoms with Gasteiger partial charge in [-0.2, -0.15) is 0 Å². The van der Waals surface area contributed by atoms with Gasteiger partial charge in [0.1, 0.15) is 5.52 Å². The van der Waals surface area contributed by atoms with Gasteiger partial charge in [-0.05, 0) is 46.8 Å². The molecule has 0 N–H and O–H groups in total. The minimum atomic E-state index is -1.85. The molecule has 0 amide bonds. The Bertz CT molecular complexity index is 1690. The molecule has 33 heavy (non-hydrogen) atoms. The summed E-state index contributed by atoms with van der Waals surface area (Å²) >= 11 is 0. The molecule has 0 radical (unpaired) electrons. The minimum Gasteiger partial charge on any atom is -0.252 e. The maximum absolute atomic E-state index is 15.2. The van der Waals surface area contributed by atoms with Gasteiger partial charge in [0.05, 0.1) is 22.8 Å². The summed E-state index contributed by atoms with van der Waals surface area (Å²) in [7, 11) is 0. The fraction of sp³-hybridized carbons (Fsp3) is 0.185. The third-order valence-corrected chi connectivity index (χ3v) is 7.58. The van der Waals surface area contributed by atoms with Crippen LogP contribution in [0.4, 0.5) is 17.6 Å². The van der Waals surface area contributed by atoms with Gasteiger partial charge in [0.15, 0.2) is 23.3 Å². The second kappa shape index (κ2) is 6.07. The molecule has 3 heterocycles. The highest BCUT2D eigenvalue weighted by atomic mass is 19.2. The molecule has 0 spiro atoms. The predicted octanol–water partition coefficient (Wildman–Crippen LogP) is 6.99. The van der Waals surface area contributed by atoms with Crippen LogP contribution in [0.1, 0.15) is 24.5 Å². The lowest BCUT2D eigenvalue weighted by Gasteiger charge is -2.20. The van der Waals surface area contributed by atoms with Crippen LogP contribution in [0.2, 0.25) is 0 Å². The lowest BCUT2D eigenvalue weighted by molar-refractivity contribution is 0.418. The first-order chi connectivity index (χ1) is 15.9. The van der Waals surface area contributed by atoms with Crippen LogP contribution >= 0.6 is 0 Å². The van der Waals surface area contributed by atoms with Crippen molar-refractivity contribution in [1.29, 1.82) is 0 Å². The molecule has 1 saturated carbocycles. The quantitative estimate of drug-likeness (QED) is 0.111. The van der Waals surface area contributed by atoms with Crippen molar-refractivity contribution in [2.24, 2.45) is 5.92 Å². The van der Waals surface area contributed by atoms with Gasteiger partial charge < -0.3 is 0 Å². The zero-order chi connectivity index (χ0) is 22.6. The van der Waals surface area contributed by atoms with E-state index >= 15 is 8.78 Å². The van der Waals surface area contributed by atoms with Crippen molar-refractivity contribution in [2.45, 2.75) is 25.2 Å². The molecule has 6 bridgehead atoms. The van der Waals surface area contributed by atoms with Crippen LogP contribution in [0.3, 0.4) is 0 Å². The highest BCUT2D eigenvalue weighted by molar-refractivity contribution is 6.24. The zero-order valence-corrected chi connectivity index (χ0v) is 17.5. The summed E-state index contributed by atoms with van der Waals surface area (Å²) in [5.74, 6) is -6.17. The van der Waals surface area contributed by atoms with Gasteiger partial charge in [0.25, 0.3) is 0 Å². The molecular formula is C27H16F4N2. The standard InChI is InChI=1S/C27H16F4N2/c1-27-10-14(27)9-12-4-2-5-13(8-12)17-11-32-25-18-15(6-3-7-16(18)27)19-20(26(25)33-17)22(29)24(31)23(30)21(19)28/h2-8,11,14H,9-10H2,1H3/t14-,27?/m0/s1. The monoisotopic (exact) mass is 444 g/mol. The molecule has 162 valence electrons. The first-order valence-corrected chi connectivity index (χ1v) is 10.9. The van der Waals surface area contributed by atoms with Crippen molar-refractivity contribution >= 4 is 32.6 Å². The van der Waals surface area contributed by atoms with Crippen molar-refractivity contribution in [1.82, 2.24) is 9.97 Å². The molecular weight excluding hydrogens is 428 g/mol. The van der Waals surface area contributed by atoms with Gasteiger partial charge >= 0.3 is 0 Å². The lowest BCUT2D eigenvalue weighted by Crippen LogP contribution is -2.09. The molecule has 8 rings (SSSR count). The number of rotatable bonds is 0. The van der Waals surface area contributed by atoms with E-state index in [-0.39, 0.29) is 21.7 Å². The second-order valence-corrected chi connectivity index (χ2v) is 9.41. The van der Waals surface area contributed by atoms with Crippen LogP contribution in [0, 0.1) is 29.2 Å². The Morgan fingerprint density at radius 2 is 1.61 bits per heavy atom. The largest absolute Gasteiger partial charge is 0.252 e. The van der Waals surface area contributed by atoms with Crippen molar-refractivity contribution in [3.05, 3.63) is 83.1 Å². The normalized spacial score (nSPS) is 21.1. The summed E-state index contributed by atoms with van der Waals surface area (Å²) < 4.78 is 59.2. The molecule has 1 fully saturated rings. The highest BCUT2D eigenvalue weighted by Crippen LogP contribution is 2.58. The van der Waals surface area contributed by atoms with Crippen molar-refractivity contribution in [2.75, 3.05) is 0 Å². The molecule has 1 unspecified atom stereocenters. The Balaban J connectivity index is 1.80. The van der Waals surface area contributed by atoms with E-state index in [1.54, 1.807) is 18.3 Å². The molecule has 3 aliphatic rings. The first-order valence-electron chi connectivity index (χ1n) is 10.9. The van der Waals surface area contributed by atoms with Gasteiger partial charge in [-0.1, -0.05) is 43.3 Å². The minimum absolute atomic E-state index is 0.0320. The topological polar surface area (TPSA) is 25.8 Å². The van der Waals surface area contributed by atoms with Crippen LogP contribution in [-0.2, 0) is 11.8 Å². The molecule has 2 atom stereocenters. The predicted molar refractivity (Wildman–Crippen MR) is 119 cm³/mol. The van der Waals surface area contributed by atoms with Crippen molar-refractivity contribution in [3.8, 4) is 11.3 Å². The third kappa shape index (κ3) is 2.33. The SMILES string of the molecule is CC12C[C@@H]1Cc1cccc(c1)-c1cnc3c(n1)c1c(F)c(F)c(F)c(F)c1c1cccc2c13. The van der Waals surface area contributed by atoms with Crippen molar-refractivity contribution in [3.63, 3.8) is 0 Å². The average molecular weight is 444 g/mol. The molecule has 1 aliphatic carbocycles. The Labute approximate surface area is 185 Å². The molecule has 1 aromatic heterocycles. The van der Waals surface area contributed by atoms with E-state index in [1.165, 1.54) is 0 Å². The van der Waals surface area contributed by atoms with Gasteiger partial charge in [-0.3, -0.25) is 4.98 Å². The maximum Gasteiger partial charge on any atom is 0.198 e. The van der Waals surface area contributed by atoms with E-state index in [0.717, 1.165) is 29.5 Å². The van der Waals surface area contributed by atoms with E-state index in [9.17, 15) is 8.78 Å². The fourth-order valence-corrected chi connectivity index (χ4v) is 5.71. The summed E-state index contributed by atoms with van der Waals surface area (Å²) in [5, 5.41) is 0.257. The fourth-order valence-electron chi connectivity index (χ4n) is 5.71. The van der Waals surface area contributed by atoms with Crippen LogP contribution < -0.4 is 0 Å². The molecule has 2 aliphatic heterocycles. The van der Waals surface area contributed by atoms with Gasteiger partial charge in [0, 0.05) is 16.3 Å². The number of halogens is 4. The van der Waals surface area contributed by atoms with Crippen molar-refractivity contribution < 1.29 is 17.6 Å². The summed E-state index contributed by atoms with van der Waals surface area (Å²) in [5.41, 5.74) is 3.55. The number of nitrogens with zero attached hydrogens (tertiary/aromatic N) is 2. The molecule has 2 nitrogen and oxygen atoms in total. The van der Waals surface area contributed by atoms with E-state index in [2.05, 4.69) is 23.0 Å². The average Bonchev–Trinajstić information content (AvgIpc) is 3.49. The summed E-state index contributed by atoms with van der Waals surface area (Å²) in [6.07, 6.45) is 3.41. The molecule has 6 heteroatoms. The second-order valence-electron chi connectivity index (χ2n) is 9.41. The Morgan fingerprint density at radius 3 is 2.42 bits per heavy atom. The number of fused-ring (bicyclic) bond motifs is 3. The highest BCUT2D eigenvalue weighted by Gasteiger charge is 2.51. The summed E-state index contributed by atoms with van der Waals surface area (Å²) in [4.78, 5) is 9.28.